The minimum absolute atomic E-state index is 0.409. The van der Waals surface area contributed by atoms with Gasteiger partial charge in [0.25, 0.3) is 0 Å². The lowest BCUT2D eigenvalue weighted by Crippen LogP contribution is -2.62. The predicted molar refractivity (Wildman–Crippen MR) is 81.6 cm³/mol. The van der Waals surface area contributed by atoms with E-state index in [1.807, 2.05) is 10.9 Å². The van der Waals surface area contributed by atoms with Gasteiger partial charge in [-0.3, -0.25) is 9.58 Å². The maximum absolute atomic E-state index is 4.41. The smallest absolute Gasteiger partial charge is 0.0534 e. The van der Waals surface area contributed by atoms with Gasteiger partial charge in [0.15, 0.2) is 0 Å². The molecule has 1 unspecified atom stereocenters. The van der Waals surface area contributed by atoms with E-state index in [2.05, 4.69) is 35.4 Å². The Kier molecular flexibility index (Phi) is 4.13. The number of nitrogens with zero attached hydrogens (tertiary/aromatic N) is 3. The first kappa shape index (κ1) is 14.1. The third-order valence-electron chi connectivity index (χ3n) is 5.16. The Morgan fingerprint density at radius 2 is 2.15 bits per heavy atom. The average molecular weight is 276 g/mol. The van der Waals surface area contributed by atoms with Gasteiger partial charge >= 0.3 is 0 Å². The van der Waals surface area contributed by atoms with E-state index in [-0.39, 0.29) is 0 Å². The molecule has 1 spiro atoms. The molecule has 112 valence electrons. The van der Waals surface area contributed by atoms with Gasteiger partial charge in [-0.1, -0.05) is 19.8 Å². The topological polar surface area (TPSA) is 33.1 Å². The van der Waals surface area contributed by atoms with Gasteiger partial charge in [0.1, 0.15) is 0 Å². The molecule has 2 heterocycles. The van der Waals surface area contributed by atoms with E-state index in [4.69, 9.17) is 0 Å². The number of aromatic nitrogens is 2. The largest absolute Gasteiger partial charge is 0.308 e. The van der Waals surface area contributed by atoms with Crippen LogP contribution in [0.2, 0.25) is 0 Å². The fourth-order valence-electron chi connectivity index (χ4n) is 3.91. The van der Waals surface area contributed by atoms with Crippen molar-refractivity contribution in [2.45, 2.75) is 70.6 Å². The van der Waals surface area contributed by atoms with Crippen molar-refractivity contribution < 1.29 is 0 Å². The molecule has 4 heteroatoms. The van der Waals surface area contributed by atoms with Gasteiger partial charge in [-0.15, -0.1) is 0 Å². The second kappa shape index (κ2) is 5.86. The molecule has 1 saturated carbocycles. The number of rotatable bonds is 4. The summed E-state index contributed by atoms with van der Waals surface area (Å²) in [5.74, 6) is 0. The van der Waals surface area contributed by atoms with Gasteiger partial charge in [0, 0.05) is 49.5 Å². The van der Waals surface area contributed by atoms with Crippen LogP contribution < -0.4 is 5.32 Å². The van der Waals surface area contributed by atoms with Crippen molar-refractivity contribution in [1.29, 1.82) is 0 Å². The molecule has 1 aliphatic heterocycles. The van der Waals surface area contributed by atoms with Crippen LogP contribution in [-0.2, 0) is 13.1 Å². The van der Waals surface area contributed by atoms with Gasteiger partial charge in [0.05, 0.1) is 6.20 Å². The third kappa shape index (κ3) is 2.77. The molecular formula is C16H28N4. The highest BCUT2D eigenvalue weighted by Gasteiger charge is 2.40. The zero-order valence-electron chi connectivity index (χ0n) is 12.9. The molecule has 1 atom stereocenters. The maximum Gasteiger partial charge on any atom is 0.0534 e. The molecule has 0 aromatic carbocycles. The highest BCUT2D eigenvalue weighted by Crippen LogP contribution is 2.34. The fourth-order valence-corrected chi connectivity index (χ4v) is 3.91. The van der Waals surface area contributed by atoms with Crippen molar-refractivity contribution in [1.82, 2.24) is 20.0 Å². The van der Waals surface area contributed by atoms with Gasteiger partial charge < -0.3 is 5.32 Å². The van der Waals surface area contributed by atoms with E-state index in [1.165, 1.54) is 44.2 Å². The van der Waals surface area contributed by atoms with Crippen molar-refractivity contribution in [3.05, 3.63) is 18.0 Å². The molecule has 1 saturated heterocycles. The minimum Gasteiger partial charge on any atom is -0.308 e. The minimum atomic E-state index is 0.409. The van der Waals surface area contributed by atoms with Gasteiger partial charge in [-0.25, -0.2) is 0 Å². The molecule has 0 bridgehead atoms. The van der Waals surface area contributed by atoms with Crippen LogP contribution in [0.25, 0.3) is 0 Å². The monoisotopic (exact) mass is 276 g/mol. The van der Waals surface area contributed by atoms with E-state index >= 15 is 0 Å². The van der Waals surface area contributed by atoms with Crippen molar-refractivity contribution in [2.24, 2.45) is 0 Å². The van der Waals surface area contributed by atoms with Crippen molar-refractivity contribution in [3.63, 3.8) is 0 Å². The Morgan fingerprint density at radius 3 is 2.80 bits per heavy atom. The Balaban J connectivity index is 1.70. The van der Waals surface area contributed by atoms with Crippen LogP contribution in [0.15, 0.2) is 12.4 Å². The summed E-state index contributed by atoms with van der Waals surface area (Å²) in [6.45, 7) is 8.83. The van der Waals surface area contributed by atoms with Crippen LogP contribution in [0.3, 0.4) is 0 Å². The van der Waals surface area contributed by atoms with Crippen molar-refractivity contribution >= 4 is 0 Å². The molecular weight excluding hydrogens is 248 g/mol. The first-order valence-corrected chi connectivity index (χ1v) is 8.25. The molecule has 0 radical (unpaired) electrons. The van der Waals surface area contributed by atoms with E-state index < -0.39 is 0 Å². The summed E-state index contributed by atoms with van der Waals surface area (Å²) in [5, 5.41) is 8.28. The van der Waals surface area contributed by atoms with Gasteiger partial charge in [0.2, 0.25) is 0 Å². The normalized spacial score (nSPS) is 26.4. The summed E-state index contributed by atoms with van der Waals surface area (Å²) >= 11 is 0. The van der Waals surface area contributed by atoms with E-state index in [9.17, 15) is 0 Å². The number of aryl methyl sites for hydroxylation is 1. The number of piperazine rings is 1. The summed E-state index contributed by atoms with van der Waals surface area (Å²) in [6.07, 6.45) is 11.0. The maximum atomic E-state index is 4.41. The summed E-state index contributed by atoms with van der Waals surface area (Å²) < 4.78 is 2.03. The number of hydrogen-bond donors (Lipinski definition) is 1. The highest BCUT2D eigenvalue weighted by atomic mass is 15.3. The molecule has 1 aromatic rings. The lowest BCUT2D eigenvalue weighted by Gasteiger charge is -2.46. The van der Waals surface area contributed by atoms with Crippen molar-refractivity contribution in [3.8, 4) is 0 Å². The molecule has 2 aliphatic rings. The number of nitrogens with one attached hydrogen (secondary N) is 1. The summed E-state index contributed by atoms with van der Waals surface area (Å²) in [4.78, 5) is 2.69. The van der Waals surface area contributed by atoms with Crippen LogP contribution in [0, 0.1) is 0 Å². The Labute approximate surface area is 122 Å². The van der Waals surface area contributed by atoms with E-state index in [0.717, 1.165) is 19.6 Å². The molecule has 2 fully saturated rings. The van der Waals surface area contributed by atoms with Crippen molar-refractivity contribution in [2.75, 3.05) is 13.1 Å². The molecule has 0 amide bonds. The first-order valence-electron chi connectivity index (χ1n) is 8.25. The number of hydrogen-bond acceptors (Lipinski definition) is 3. The van der Waals surface area contributed by atoms with E-state index in [1.54, 1.807) is 0 Å². The summed E-state index contributed by atoms with van der Waals surface area (Å²) in [7, 11) is 0. The quantitative estimate of drug-likeness (QED) is 0.916. The lowest BCUT2D eigenvalue weighted by atomic mass is 9.91. The Morgan fingerprint density at radius 1 is 1.35 bits per heavy atom. The highest BCUT2D eigenvalue weighted by molar-refractivity contribution is 5.07. The second-order valence-corrected chi connectivity index (χ2v) is 6.54. The standard InChI is InChI=1S/C16H28N4/c1-3-15-10-17-16(7-5-6-8-16)13-19(15)11-14-9-18-20(4-2)12-14/h9,12,15,17H,3-8,10-11,13H2,1-2H3. The average Bonchev–Trinajstić information content (AvgIpc) is 3.09. The molecule has 1 aromatic heterocycles. The lowest BCUT2D eigenvalue weighted by molar-refractivity contribution is 0.0718. The molecule has 1 aliphatic carbocycles. The van der Waals surface area contributed by atoms with Crippen LogP contribution in [0.5, 0.6) is 0 Å². The summed E-state index contributed by atoms with van der Waals surface area (Å²) in [6, 6.07) is 0.672. The zero-order chi connectivity index (χ0) is 14.0. The Hall–Kier alpha value is -0.870. The molecule has 1 N–H and O–H groups in total. The van der Waals surface area contributed by atoms with Gasteiger partial charge in [-0.05, 0) is 26.2 Å². The SMILES string of the molecule is CCC1CNC2(CCCC2)CN1Cc1cnn(CC)c1. The van der Waals surface area contributed by atoms with Crippen LogP contribution in [-0.4, -0.2) is 39.4 Å². The first-order chi connectivity index (χ1) is 9.74. The molecule has 3 rings (SSSR count). The summed E-state index contributed by atoms with van der Waals surface area (Å²) in [5.41, 5.74) is 1.77. The van der Waals surface area contributed by atoms with Gasteiger partial charge in [-0.2, -0.15) is 5.10 Å². The predicted octanol–water partition coefficient (Wildman–Crippen LogP) is 2.40. The zero-order valence-corrected chi connectivity index (χ0v) is 12.9. The second-order valence-electron chi connectivity index (χ2n) is 6.54. The Bertz CT molecular complexity index is 433. The van der Waals surface area contributed by atoms with Crippen LogP contribution >= 0.6 is 0 Å². The van der Waals surface area contributed by atoms with E-state index in [0.29, 0.717) is 11.6 Å². The fraction of sp³-hybridized carbons (Fsp3) is 0.812. The van der Waals surface area contributed by atoms with Crippen LogP contribution in [0.4, 0.5) is 0 Å². The molecule has 20 heavy (non-hydrogen) atoms. The molecule has 4 nitrogen and oxygen atoms in total. The third-order valence-corrected chi connectivity index (χ3v) is 5.16. The van der Waals surface area contributed by atoms with Crippen LogP contribution in [0.1, 0.15) is 51.5 Å².